The molecule has 4 aromatic carbocycles. The van der Waals surface area contributed by atoms with Crippen molar-refractivity contribution in [2.45, 2.75) is 12.3 Å². The lowest BCUT2D eigenvalue weighted by molar-refractivity contribution is 0.846. The summed E-state index contributed by atoms with van der Waals surface area (Å²) in [5.74, 6) is 0.468. The first-order valence-corrected chi connectivity index (χ1v) is 10.2. The molecule has 1 aliphatic carbocycles. The van der Waals surface area contributed by atoms with E-state index in [1.165, 1.54) is 27.5 Å². The molecule has 0 saturated carbocycles. The monoisotopic (exact) mass is 373 g/mol. The Labute approximate surface area is 172 Å². The molecule has 0 aliphatic heterocycles. The standard InChI is InChI=1S/C28H23N/c1-2-7-21(8-3-1)22-13-17-25(18-14-22)29-26-19-15-24(16-20-26)28-12-6-10-23-9-4-5-11-27(23)28/h1-13,15-20,22,29H,14H2. The molecule has 0 heterocycles. The fourth-order valence-electron chi connectivity index (χ4n) is 4.04. The van der Waals surface area contributed by atoms with Crippen LogP contribution in [0.4, 0.5) is 5.69 Å². The second kappa shape index (κ2) is 7.81. The highest BCUT2D eigenvalue weighted by atomic mass is 14.9. The molecule has 1 aliphatic rings. The van der Waals surface area contributed by atoms with Crippen molar-refractivity contribution in [1.29, 1.82) is 0 Å². The van der Waals surface area contributed by atoms with Crippen molar-refractivity contribution >= 4 is 16.5 Å². The van der Waals surface area contributed by atoms with Gasteiger partial charge in [0.05, 0.1) is 0 Å². The Morgan fingerprint density at radius 1 is 0.690 bits per heavy atom. The molecule has 0 radical (unpaired) electrons. The van der Waals surface area contributed by atoms with E-state index < -0.39 is 0 Å². The minimum atomic E-state index is 0.468. The van der Waals surface area contributed by atoms with Gasteiger partial charge in [-0.15, -0.1) is 0 Å². The van der Waals surface area contributed by atoms with E-state index in [-0.39, 0.29) is 0 Å². The molecule has 140 valence electrons. The number of hydrogen-bond donors (Lipinski definition) is 1. The van der Waals surface area contributed by atoms with Gasteiger partial charge in [-0.25, -0.2) is 0 Å². The van der Waals surface area contributed by atoms with E-state index in [1.54, 1.807) is 0 Å². The quantitative estimate of drug-likeness (QED) is 0.389. The SMILES string of the molecule is C1=CC(c2ccccc2)CC=C1Nc1ccc(-c2cccc3ccccc23)cc1. The summed E-state index contributed by atoms with van der Waals surface area (Å²) in [5, 5.41) is 6.11. The Morgan fingerprint density at radius 2 is 1.45 bits per heavy atom. The molecule has 4 aromatic rings. The van der Waals surface area contributed by atoms with E-state index in [1.807, 2.05) is 0 Å². The minimum absolute atomic E-state index is 0.468. The highest BCUT2D eigenvalue weighted by molar-refractivity contribution is 5.96. The molecule has 0 spiro atoms. The van der Waals surface area contributed by atoms with Gasteiger partial charge in [0.15, 0.2) is 0 Å². The van der Waals surface area contributed by atoms with Gasteiger partial charge in [-0.2, -0.15) is 0 Å². The van der Waals surface area contributed by atoms with Gasteiger partial charge in [-0.1, -0.05) is 97.1 Å². The van der Waals surface area contributed by atoms with E-state index in [0.29, 0.717) is 5.92 Å². The van der Waals surface area contributed by atoms with Crippen molar-refractivity contribution < 1.29 is 0 Å². The van der Waals surface area contributed by atoms with Gasteiger partial charge in [0.2, 0.25) is 0 Å². The predicted octanol–water partition coefficient (Wildman–Crippen LogP) is 7.55. The summed E-state index contributed by atoms with van der Waals surface area (Å²) in [7, 11) is 0. The van der Waals surface area contributed by atoms with Gasteiger partial charge in [0.25, 0.3) is 0 Å². The first-order valence-electron chi connectivity index (χ1n) is 10.2. The zero-order valence-corrected chi connectivity index (χ0v) is 16.3. The maximum absolute atomic E-state index is 3.54. The second-order valence-electron chi connectivity index (χ2n) is 7.50. The first kappa shape index (κ1) is 17.5. The lowest BCUT2D eigenvalue weighted by Gasteiger charge is -2.18. The van der Waals surface area contributed by atoms with Crippen LogP contribution in [0.3, 0.4) is 0 Å². The van der Waals surface area contributed by atoms with Gasteiger partial charge in [-0.05, 0) is 52.1 Å². The van der Waals surface area contributed by atoms with Crippen LogP contribution < -0.4 is 5.32 Å². The minimum Gasteiger partial charge on any atom is -0.356 e. The smallest absolute Gasteiger partial charge is 0.0384 e. The summed E-state index contributed by atoms with van der Waals surface area (Å²) in [6.45, 7) is 0. The van der Waals surface area contributed by atoms with Crippen molar-refractivity contribution in [2.24, 2.45) is 0 Å². The number of anilines is 1. The van der Waals surface area contributed by atoms with Gasteiger partial charge >= 0.3 is 0 Å². The largest absolute Gasteiger partial charge is 0.356 e. The normalized spacial score (nSPS) is 15.9. The Bertz CT molecular complexity index is 1180. The van der Waals surface area contributed by atoms with Gasteiger partial charge < -0.3 is 5.32 Å². The molecule has 1 heteroatoms. The molecule has 0 saturated heterocycles. The van der Waals surface area contributed by atoms with Gasteiger partial charge in [0.1, 0.15) is 0 Å². The lowest BCUT2D eigenvalue weighted by atomic mass is 9.92. The molecule has 1 atom stereocenters. The van der Waals surface area contributed by atoms with Crippen molar-refractivity contribution in [3.05, 3.63) is 127 Å². The molecule has 0 aromatic heterocycles. The van der Waals surface area contributed by atoms with Crippen LogP contribution in [0.15, 0.2) is 121 Å². The molecule has 0 fully saturated rings. The molecule has 29 heavy (non-hydrogen) atoms. The summed E-state index contributed by atoms with van der Waals surface area (Å²) in [6.07, 6.45) is 7.80. The Morgan fingerprint density at radius 3 is 2.24 bits per heavy atom. The van der Waals surface area contributed by atoms with Crippen molar-refractivity contribution in [3.63, 3.8) is 0 Å². The molecular weight excluding hydrogens is 350 g/mol. The van der Waals surface area contributed by atoms with Crippen LogP contribution in [0.25, 0.3) is 21.9 Å². The number of hydrogen-bond acceptors (Lipinski definition) is 1. The van der Waals surface area contributed by atoms with Crippen molar-refractivity contribution in [1.82, 2.24) is 0 Å². The number of allylic oxidation sites excluding steroid dienone is 3. The van der Waals surface area contributed by atoms with Gasteiger partial charge in [-0.3, -0.25) is 0 Å². The number of fused-ring (bicyclic) bond motifs is 1. The molecule has 1 N–H and O–H groups in total. The van der Waals surface area contributed by atoms with Crippen molar-refractivity contribution in [3.8, 4) is 11.1 Å². The van der Waals surface area contributed by atoms with Crippen LogP contribution in [0, 0.1) is 0 Å². The van der Waals surface area contributed by atoms with E-state index >= 15 is 0 Å². The van der Waals surface area contributed by atoms with Crippen LogP contribution >= 0.6 is 0 Å². The summed E-state index contributed by atoms with van der Waals surface area (Å²) >= 11 is 0. The maximum atomic E-state index is 3.54. The van der Waals surface area contributed by atoms with Crippen LogP contribution in [0.1, 0.15) is 17.9 Å². The fourth-order valence-corrected chi connectivity index (χ4v) is 4.04. The average Bonchev–Trinajstić information content (AvgIpc) is 2.80. The predicted molar refractivity (Wildman–Crippen MR) is 124 cm³/mol. The number of benzene rings is 4. The lowest BCUT2D eigenvalue weighted by Crippen LogP contribution is -2.04. The second-order valence-corrected chi connectivity index (χ2v) is 7.50. The average molecular weight is 373 g/mol. The zero-order chi connectivity index (χ0) is 19.5. The van der Waals surface area contributed by atoms with E-state index in [4.69, 9.17) is 0 Å². The summed E-state index contributed by atoms with van der Waals surface area (Å²) in [4.78, 5) is 0. The topological polar surface area (TPSA) is 12.0 Å². The molecule has 1 nitrogen and oxygen atoms in total. The van der Waals surface area contributed by atoms with Crippen LogP contribution in [0.5, 0.6) is 0 Å². The Hall–Kier alpha value is -3.58. The van der Waals surface area contributed by atoms with Crippen LogP contribution in [-0.2, 0) is 0 Å². The van der Waals surface area contributed by atoms with Crippen molar-refractivity contribution in [2.75, 3.05) is 5.32 Å². The van der Waals surface area contributed by atoms with E-state index in [0.717, 1.165) is 17.8 Å². The molecule has 0 bridgehead atoms. The number of rotatable bonds is 4. The third-order valence-electron chi connectivity index (χ3n) is 5.60. The third kappa shape index (κ3) is 3.72. The Balaban J connectivity index is 1.31. The maximum Gasteiger partial charge on any atom is 0.0384 e. The van der Waals surface area contributed by atoms with E-state index in [9.17, 15) is 0 Å². The zero-order valence-electron chi connectivity index (χ0n) is 16.3. The van der Waals surface area contributed by atoms with E-state index in [2.05, 4.69) is 121 Å². The molecule has 5 rings (SSSR count). The molecule has 1 unspecified atom stereocenters. The Kier molecular flexibility index (Phi) is 4.72. The highest BCUT2D eigenvalue weighted by Crippen LogP contribution is 2.30. The molecular formula is C28H23N. The summed E-state index contributed by atoms with van der Waals surface area (Å²) in [5.41, 5.74) is 6.17. The summed E-state index contributed by atoms with van der Waals surface area (Å²) in [6, 6.07) is 34.5. The van der Waals surface area contributed by atoms with Gasteiger partial charge in [0, 0.05) is 17.3 Å². The molecule has 0 amide bonds. The van der Waals surface area contributed by atoms with Crippen LogP contribution in [0.2, 0.25) is 0 Å². The third-order valence-corrected chi connectivity index (χ3v) is 5.60. The highest BCUT2D eigenvalue weighted by Gasteiger charge is 2.11. The first-order chi connectivity index (χ1) is 14.4. The van der Waals surface area contributed by atoms with Crippen LogP contribution in [-0.4, -0.2) is 0 Å². The number of nitrogens with one attached hydrogen (secondary N) is 1. The fraction of sp³-hybridized carbons (Fsp3) is 0.0714. The summed E-state index contributed by atoms with van der Waals surface area (Å²) < 4.78 is 0.